The van der Waals surface area contributed by atoms with Crippen LogP contribution in [0.15, 0.2) is 46.3 Å². The number of piperazine rings is 1. The first-order valence-electron chi connectivity index (χ1n) is 10.8. The maximum atomic E-state index is 12.9. The van der Waals surface area contributed by atoms with E-state index in [4.69, 9.17) is 16.1 Å². The summed E-state index contributed by atoms with van der Waals surface area (Å²) >= 11 is 7.92. The second-order valence-electron chi connectivity index (χ2n) is 8.23. The Hall–Kier alpha value is -2.22. The van der Waals surface area contributed by atoms with Gasteiger partial charge >= 0.3 is 0 Å². The molecule has 2 unspecified atom stereocenters. The van der Waals surface area contributed by atoms with Crippen molar-refractivity contribution in [2.75, 3.05) is 32.7 Å². The summed E-state index contributed by atoms with van der Waals surface area (Å²) in [7, 11) is 0. The average molecular weight is 457 g/mol. The van der Waals surface area contributed by atoms with Crippen molar-refractivity contribution < 1.29 is 9.32 Å². The van der Waals surface area contributed by atoms with E-state index < -0.39 is 0 Å². The molecule has 3 aromatic rings. The lowest BCUT2D eigenvalue weighted by molar-refractivity contribution is -0.134. The van der Waals surface area contributed by atoms with Gasteiger partial charge < -0.3 is 9.42 Å². The summed E-state index contributed by atoms with van der Waals surface area (Å²) < 4.78 is 5.38. The largest absolute Gasteiger partial charge is 0.340 e. The van der Waals surface area contributed by atoms with Crippen molar-refractivity contribution in [1.29, 1.82) is 0 Å². The predicted molar refractivity (Wildman–Crippen MR) is 121 cm³/mol. The molecule has 1 aliphatic carbocycles. The van der Waals surface area contributed by atoms with E-state index in [9.17, 15) is 4.79 Å². The van der Waals surface area contributed by atoms with Gasteiger partial charge in [0.05, 0.1) is 4.88 Å². The van der Waals surface area contributed by atoms with Gasteiger partial charge in [0.2, 0.25) is 17.6 Å². The summed E-state index contributed by atoms with van der Waals surface area (Å²) in [6.07, 6.45) is 2.66. The van der Waals surface area contributed by atoms with Gasteiger partial charge in [0.25, 0.3) is 0 Å². The number of benzene rings is 1. The fourth-order valence-corrected chi connectivity index (χ4v) is 5.26. The van der Waals surface area contributed by atoms with Crippen LogP contribution < -0.4 is 0 Å². The predicted octanol–water partition coefficient (Wildman–Crippen LogP) is 4.33. The van der Waals surface area contributed by atoms with Crippen molar-refractivity contribution in [2.24, 2.45) is 5.92 Å². The molecule has 31 heavy (non-hydrogen) atoms. The first kappa shape index (κ1) is 20.7. The first-order valence-corrected chi connectivity index (χ1v) is 12.1. The zero-order chi connectivity index (χ0) is 21.2. The lowest BCUT2D eigenvalue weighted by atomic mass is 10.1. The van der Waals surface area contributed by atoms with E-state index in [0.29, 0.717) is 11.7 Å². The Balaban J connectivity index is 1.04. The van der Waals surface area contributed by atoms with Crippen LogP contribution in [0, 0.1) is 5.92 Å². The second-order valence-corrected chi connectivity index (χ2v) is 9.58. The first-order chi connectivity index (χ1) is 15.2. The van der Waals surface area contributed by atoms with Crippen LogP contribution in [0.3, 0.4) is 0 Å². The monoisotopic (exact) mass is 456 g/mol. The molecule has 1 aliphatic heterocycles. The van der Waals surface area contributed by atoms with Crippen LogP contribution in [-0.4, -0.2) is 58.6 Å². The summed E-state index contributed by atoms with van der Waals surface area (Å²) in [6, 6.07) is 11.9. The quantitative estimate of drug-likeness (QED) is 0.529. The topological polar surface area (TPSA) is 62.5 Å². The number of thiophene rings is 1. The summed E-state index contributed by atoms with van der Waals surface area (Å²) in [4.78, 5) is 22.9. The minimum atomic E-state index is 0.0986. The molecule has 2 aromatic heterocycles. The van der Waals surface area contributed by atoms with Crippen LogP contribution >= 0.6 is 22.9 Å². The number of carbonyl (C=O) groups excluding carboxylic acids is 1. The zero-order valence-corrected chi connectivity index (χ0v) is 18.8. The molecular weight excluding hydrogens is 432 g/mol. The third kappa shape index (κ3) is 4.68. The second kappa shape index (κ2) is 9.10. The standard InChI is InChI=1S/C23H25ClN4O2S/c24-19-6-2-1-5-16(19)17-15-18(17)23(29)28-12-10-27(11-13-28)9-3-8-21-25-22(26-30-21)20-7-4-14-31-20/h1-2,4-7,14,17-18H,3,8-13,15H2. The fourth-order valence-electron chi connectivity index (χ4n) is 4.33. The van der Waals surface area contributed by atoms with Crippen LogP contribution in [0.5, 0.6) is 0 Å². The molecule has 1 saturated heterocycles. The Bertz CT molecular complexity index is 1030. The van der Waals surface area contributed by atoms with E-state index in [-0.39, 0.29) is 17.7 Å². The van der Waals surface area contributed by atoms with Gasteiger partial charge in [0.1, 0.15) is 0 Å². The highest BCUT2D eigenvalue weighted by atomic mass is 35.5. The van der Waals surface area contributed by atoms with Crippen LogP contribution in [0.4, 0.5) is 0 Å². The maximum Gasteiger partial charge on any atom is 0.227 e. The zero-order valence-electron chi connectivity index (χ0n) is 17.2. The smallest absolute Gasteiger partial charge is 0.227 e. The van der Waals surface area contributed by atoms with Crippen molar-refractivity contribution in [2.45, 2.75) is 25.2 Å². The van der Waals surface area contributed by atoms with Crippen molar-refractivity contribution in [3.8, 4) is 10.7 Å². The maximum absolute atomic E-state index is 12.9. The summed E-state index contributed by atoms with van der Waals surface area (Å²) in [5.41, 5.74) is 1.12. The minimum Gasteiger partial charge on any atom is -0.340 e. The lowest BCUT2D eigenvalue weighted by Crippen LogP contribution is -2.49. The molecule has 5 rings (SSSR count). The Morgan fingerprint density at radius 3 is 2.77 bits per heavy atom. The van der Waals surface area contributed by atoms with E-state index in [1.165, 1.54) is 0 Å². The normalized spacial score (nSPS) is 21.4. The van der Waals surface area contributed by atoms with Crippen molar-refractivity contribution in [3.05, 3.63) is 58.3 Å². The number of halogens is 1. The number of aryl methyl sites for hydroxylation is 1. The van der Waals surface area contributed by atoms with Crippen LogP contribution in [0.25, 0.3) is 10.7 Å². The molecule has 0 spiro atoms. The fraction of sp³-hybridized carbons (Fsp3) is 0.435. The Labute approximate surface area is 190 Å². The van der Waals surface area contributed by atoms with Crippen LogP contribution in [-0.2, 0) is 11.2 Å². The van der Waals surface area contributed by atoms with E-state index in [0.717, 1.165) is 67.4 Å². The number of amides is 1. The number of rotatable bonds is 7. The molecule has 2 fully saturated rings. The SMILES string of the molecule is O=C(C1CC1c1ccccc1Cl)N1CCN(CCCc2nc(-c3cccs3)no2)CC1. The average Bonchev–Trinajstić information content (AvgIpc) is 3.16. The third-order valence-electron chi connectivity index (χ3n) is 6.17. The molecular formula is C23H25ClN4O2S. The van der Waals surface area contributed by atoms with Gasteiger partial charge in [-0.15, -0.1) is 11.3 Å². The molecule has 0 N–H and O–H groups in total. The van der Waals surface area contributed by atoms with Crippen LogP contribution in [0.1, 0.15) is 30.2 Å². The van der Waals surface area contributed by atoms with Crippen LogP contribution in [0.2, 0.25) is 5.02 Å². The summed E-state index contributed by atoms with van der Waals surface area (Å²) in [5.74, 6) is 2.04. The van der Waals surface area contributed by atoms with E-state index >= 15 is 0 Å². The number of nitrogens with zero attached hydrogens (tertiary/aromatic N) is 4. The number of carbonyl (C=O) groups is 1. The van der Waals surface area contributed by atoms with Gasteiger partial charge in [-0.05, 0) is 48.4 Å². The Kier molecular flexibility index (Phi) is 6.07. The molecule has 1 amide bonds. The summed E-state index contributed by atoms with van der Waals surface area (Å²) in [5, 5.41) is 6.85. The number of aromatic nitrogens is 2. The van der Waals surface area contributed by atoms with Crippen molar-refractivity contribution in [3.63, 3.8) is 0 Å². The minimum absolute atomic E-state index is 0.0986. The Morgan fingerprint density at radius 2 is 2.00 bits per heavy atom. The summed E-state index contributed by atoms with van der Waals surface area (Å²) in [6.45, 7) is 4.41. The van der Waals surface area contributed by atoms with Gasteiger partial charge in [-0.1, -0.05) is 41.0 Å². The molecule has 1 saturated carbocycles. The molecule has 0 radical (unpaired) electrons. The van der Waals surface area contributed by atoms with Crippen molar-refractivity contribution >= 4 is 28.8 Å². The lowest BCUT2D eigenvalue weighted by Gasteiger charge is -2.35. The van der Waals surface area contributed by atoms with E-state index in [1.807, 2.05) is 46.7 Å². The van der Waals surface area contributed by atoms with Gasteiger partial charge in [0, 0.05) is 43.5 Å². The highest BCUT2D eigenvalue weighted by Crippen LogP contribution is 2.50. The molecule has 6 nitrogen and oxygen atoms in total. The molecule has 2 atom stereocenters. The van der Waals surface area contributed by atoms with E-state index in [2.05, 4.69) is 15.0 Å². The molecule has 1 aromatic carbocycles. The highest BCUT2D eigenvalue weighted by molar-refractivity contribution is 7.13. The van der Waals surface area contributed by atoms with Gasteiger partial charge in [-0.2, -0.15) is 4.98 Å². The van der Waals surface area contributed by atoms with Crippen molar-refractivity contribution in [1.82, 2.24) is 19.9 Å². The van der Waals surface area contributed by atoms with Gasteiger partial charge in [0.15, 0.2) is 0 Å². The number of hydrogen-bond donors (Lipinski definition) is 0. The highest BCUT2D eigenvalue weighted by Gasteiger charge is 2.46. The molecule has 8 heteroatoms. The van der Waals surface area contributed by atoms with Gasteiger partial charge in [-0.3, -0.25) is 9.69 Å². The molecule has 3 heterocycles. The third-order valence-corrected chi connectivity index (χ3v) is 7.38. The Morgan fingerprint density at radius 1 is 1.16 bits per heavy atom. The number of hydrogen-bond acceptors (Lipinski definition) is 6. The molecule has 162 valence electrons. The van der Waals surface area contributed by atoms with E-state index in [1.54, 1.807) is 11.3 Å². The molecule has 0 bridgehead atoms. The molecule has 2 aliphatic rings. The van der Waals surface area contributed by atoms with Gasteiger partial charge in [-0.25, -0.2) is 0 Å².